The number of aromatic nitrogens is 1. The zero-order chi connectivity index (χ0) is 37.6. The summed E-state index contributed by atoms with van der Waals surface area (Å²) in [7, 11) is 1.60. The van der Waals surface area contributed by atoms with Gasteiger partial charge >= 0.3 is 24.3 Å². The van der Waals surface area contributed by atoms with E-state index in [2.05, 4.69) is 21.7 Å². The largest absolute Gasteiger partial charge is 0.507 e. The topological polar surface area (TPSA) is 217 Å². The molecule has 1 fully saturated rings. The van der Waals surface area contributed by atoms with Crippen molar-refractivity contribution >= 4 is 29.4 Å². The Balaban J connectivity index is 0.000000521. The number of hydrogen-bond acceptors (Lipinski definition) is 10. The number of carbonyl (C=O) groups excluding carboxylic acids is 1. The molecule has 270 valence electrons. The molecular weight excluding hydrogens is 684 g/mol. The molecule has 0 bridgehead atoms. The van der Waals surface area contributed by atoms with Gasteiger partial charge in [0.1, 0.15) is 28.9 Å². The van der Waals surface area contributed by atoms with Crippen molar-refractivity contribution in [1.29, 1.82) is 5.26 Å². The average Bonchev–Trinajstić information content (AvgIpc) is 3.87. The van der Waals surface area contributed by atoms with Crippen LogP contribution in [-0.2, 0) is 19.1 Å². The highest BCUT2D eigenvalue weighted by molar-refractivity contribution is 5.95. The number of nitrogens with two attached hydrogens (primary N) is 1. The Morgan fingerprint density at radius 3 is 2.12 bits per heavy atom. The number of alkyl halides is 6. The fourth-order valence-corrected chi connectivity index (χ4v) is 3.72. The molecule has 1 saturated carbocycles. The minimum Gasteiger partial charge on any atom is -0.507 e. The lowest BCUT2D eigenvalue weighted by Gasteiger charge is -2.16. The molecule has 1 heterocycles. The van der Waals surface area contributed by atoms with Crippen molar-refractivity contribution < 1.29 is 65.5 Å². The highest BCUT2D eigenvalue weighted by Gasteiger charge is 2.39. The number of carboxylic acids is 2. The molecule has 50 heavy (non-hydrogen) atoms. The second kappa shape index (κ2) is 18.2. The van der Waals surface area contributed by atoms with Crippen molar-refractivity contribution in [3.8, 4) is 40.0 Å². The molecule has 0 unspecified atom stereocenters. The number of phenols is 1. The van der Waals surface area contributed by atoms with Gasteiger partial charge in [0.15, 0.2) is 0 Å². The summed E-state index contributed by atoms with van der Waals surface area (Å²) in [5.41, 5.74) is 8.96. The van der Waals surface area contributed by atoms with Gasteiger partial charge in [0, 0.05) is 24.8 Å². The van der Waals surface area contributed by atoms with Crippen molar-refractivity contribution in [1.82, 2.24) is 10.3 Å². The number of rotatable bonds is 11. The summed E-state index contributed by atoms with van der Waals surface area (Å²) < 4.78 is 74.5. The molecule has 4 rings (SSSR count). The van der Waals surface area contributed by atoms with Crippen LogP contribution in [0.5, 0.6) is 11.5 Å². The summed E-state index contributed by atoms with van der Waals surface area (Å²) in [6.45, 7) is 1.74. The molecule has 2 aromatic carbocycles. The summed E-state index contributed by atoms with van der Waals surface area (Å²) in [5, 5.41) is 40.3. The molecule has 0 aliphatic heterocycles. The molecule has 1 aliphatic rings. The van der Waals surface area contributed by atoms with Gasteiger partial charge in [0.25, 0.3) is 0 Å². The van der Waals surface area contributed by atoms with Gasteiger partial charge in [-0.05, 0) is 54.7 Å². The van der Waals surface area contributed by atoms with Crippen LogP contribution in [0.3, 0.4) is 0 Å². The van der Waals surface area contributed by atoms with Crippen LogP contribution in [0, 0.1) is 17.2 Å². The zero-order valence-corrected chi connectivity index (χ0v) is 26.1. The number of phenolic OH excluding ortho intramolecular Hbond substituents is 1. The van der Waals surface area contributed by atoms with Crippen LogP contribution in [-0.4, -0.2) is 83.9 Å². The molecule has 0 atom stereocenters. The number of carboxylic acid groups (broad SMARTS) is 2. The smallest absolute Gasteiger partial charge is 0.490 e. The SMILES string of the molecule is COCCNCC(=O)Nc1cc(-c2cc(-c3ccccc3O)nc(N)c2C#N)ccc1OCC1CC1.O=C(O)C(F)(F)F.O=C(O)C(F)(F)F. The van der Waals surface area contributed by atoms with E-state index in [1.165, 1.54) is 0 Å². The lowest BCUT2D eigenvalue weighted by Crippen LogP contribution is -2.30. The van der Waals surface area contributed by atoms with Crippen molar-refractivity contribution in [3.63, 3.8) is 0 Å². The van der Waals surface area contributed by atoms with Crippen molar-refractivity contribution in [2.75, 3.05) is 44.5 Å². The van der Waals surface area contributed by atoms with E-state index in [0.717, 1.165) is 12.8 Å². The number of ether oxygens (including phenoxy) is 2. The summed E-state index contributed by atoms with van der Waals surface area (Å²) in [6.07, 6.45) is -7.89. The standard InChI is InChI=1S/C27H29N5O4.2C2HF3O2/c1-35-11-10-30-15-26(34)31-23-12-18(8-9-25(23)36-16-17-6-7-17)20-13-22(32-27(29)21(20)14-28)19-4-2-3-5-24(19)33;2*3-2(4,5)1(6)7/h2-5,8-9,12-13,17,30,33H,6-7,10-11,15-16H2,1H3,(H2,29,32)(H,31,34);2*(H,6,7). The van der Waals surface area contributed by atoms with Gasteiger partial charge < -0.3 is 41.2 Å². The number of aromatic hydroxyl groups is 1. The van der Waals surface area contributed by atoms with Crippen LogP contribution < -0.4 is 21.1 Å². The molecule has 19 heteroatoms. The van der Waals surface area contributed by atoms with Crippen LogP contribution in [0.1, 0.15) is 18.4 Å². The predicted octanol–water partition coefficient (Wildman–Crippen LogP) is 4.80. The van der Waals surface area contributed by atoms with E-state index in [9.17, 15) is 41.5 Å². The van der Waals surface area contributed by atoms with E-state index in [0.29, 0.717) is 59.5 Å². The molecule has 0 spiro atoms. The fourth-order valence-electron chi connectivity index (χ4n) is 3.72. The van der Waals surface area contributed by atoms with Gasteiger partial charge in [-0.25, -0.2) is 14.6 Å². The first-order valence-electron chi connectivity index (χ1n) is 14.2. The minimum absolute atomic E-state index is 0.0511. The first kappa shape index (κ1) is 40.6. The molecule has 3 aromatic rings. The van der Waals surface area contributed by atoms with Gasteiger partial charge in [-0.15, -0.1) is 0 Å². The number of benzene rings is 2. The number of nitrogens with zero attached hydrogens (tertiary/aromatic N) is 2. The summed E-state index contributed by atoms with van der Waals surface area (Å²) in [6, 6.07) is 16.0. The molecule has 7 N–H and O–H groups in total. The van der Waals surface area contributed by atoms with Gasteiger partial charge in [-0.2, -0.15) is 31.6 Å². The fraction of sp³-hybridized carbons (Fsp3) is 0.323. The highest BCUT2D eigenvalue weighted by Crippen LogP contribution is 2.38. The summed E-state index contributed by atoms with van der Waals surface area (Å²) >= 11 is 0. The normalized spacial score (nSPS) is 12.3. The minimum atomic E-state index is -5.08. The number of aliphatic carboxylic acids is 2. The van der Waals surface area contributed by atoms with Crippen molar-refractivity contribution in [3.05, 3.63) is 54.1 Å². The van der Waals surface area contributed by atoms with E-state index in [1.54, 1.807) is 49.6 Å². The number of hydrogen-bond donors (Lipinski definition) is 6. The molecule has 1 amide bonds. The number of methoxy groups -OCH3 is 1. The van der Waals surface area contributed by atoms with E-state index >= 15 is 0 Å². The van der Waals surface area contributed by atoms with E-state index < -0.39 is 24.3 Å². The second-order valence-corrected chi connectivity index (χ2v) is 10.2. The maximum absolute atomic E-state index is 12.6. The monoisotopic (exact) mass is 715 g/mol. The summed E-state index contributed by atoms with van der Waals surface area (Å²) in [5.74, 6) is -4.55. The number of nitrogen functional groups attached to an aromatic ring is 1. The Hall–Kier alpha value is -5.61. The van der Waals surface area contributed by atoms with Crippen molar-refractivity contribution in [2.24, 2.45) is 5.92 Å². The van der Waals surface area contributed by atoms with Gasteiger partial charge in [0.2, 0.25) is 5.91 Å². The maximum Gasteiger partial charge on any atom is 0.490 e. The number of nitrogens with one attached hydrogen (secondary N) is 2. The third kappa shape index (κ3) is 13.1. The Morgan fingerprint density at radius 1 is 1.00 bits per heavy atom. The molecular formula is C31H31F6N5O8. The van der Waals surface area contributed by atoms with Gasteiger partial charge in [-0.3, -0.25) is 4.79 Å². The number of para-hydroxylation sites is 1. The molecule has 0 radical (unpaired) electrons. The van der Waals surface area contributed by atoms with Crippen LogP contribution in [0.25, 0.3) is 22.4 Å². The van der Waals surface area contributed by atoms with E-state index in [1.807, 2.05) is 6.07 Å². The number of nitriles is 1. The van der Waals surface area contributed by atoms with E-state index in [-0.39, 0.29) is 29.6 Å². The quantitative estimate of drug-likeness (QED) is 0.117. The predicted molar refractivity (Wildman–Crippen MR) is 165 cm³/mol. The third-order valence-electron chi connectivity index (χ3n) is 6.33. The van der Waals surface area contributed by atoms with Crippen LogP contribution >= 0.6 is 0 Å². The number of halogens is 6. The Morgan fingerprint density at radius 2 is 1.60 bits per heavy atom. The van der Waals surface area contributed by atoms with Crippen molar-refractivity contribution in [2.45, 2.75) is 25.2 Å². The van der Waals surface area contributed by atoms with Crippen LogP contribution in [0.2, 0.25) is 0 Å². The van der Waals surface area contributed by atoms with Gasteiger partial charge in [-0.1, -0.05) is 18.2 Å². The molecule has 1 aliphatic carbocycles. The number of amides is 1. The second-order valence-electron chi connectivity index (χ2n) is 10.2. The lowest BCUT2D eigenvalue weighted by molar-refractivity contribution is -0.193. The molecule has 13 nitrogen and oxygen atoms in total. The Bertz CT molecular complexity index is 1670. The first-order valence-corrected chi connectivity index (χ1v) is 14.2. The molecule has 1 aromatic heterocycles. The highest BCUT2D eigenvalue weighted by atomic mass is 19.4. The Labute approximate surface area is 280 Å². The number of anilines is 2. The average molecular weight is 716 g/mol. The van der Waals surface area contributed by atoms with Gasteiger partial charge in [0.05, 0.1) is 31.1 Å². The molecule has 0 saturated heterocycles. The zero-order valence-electron chi connectivity index (χ0n) is 26.1. The maximum atomic E-state index is 12.6. The van der Waals surface area contributed by atoms with E-state index in [4.69, 9.17) is 35.0 Å². The Kier molecular flexibility index (Phi) is 14.8. The number of carbonyl (C=O) groups is 3. The lowest BCUT2D eigenvalue weighted by atomic mass is 9.97. The first-order chi connectivity index (χ1) is 23.4. The van der Waals surface area contributed by atoms with Crippen LogP contribution in [0.15, 0.2) is 48.5 Å². The van der Waals surface area contributed by atoms with Crippen LogP contribution in [0.4, 0.5) is 37.8 Å². The third-order valence-corrected chi connectivity index (χ3v) is 6.33. The summed E-state index contributed by atoms with van der Waals surface area (Å²) in [4.78, 5) is 34.7. The number of pyridine rings is 1.